The molecule has 0 saturated heterocycles. The van der Waals surface area contributed by atoms with Crippen molar-refractivity contribution in [1.29, 1.82) is 0 Å². The molecule has 0 aliphatic heterocycles. The van der Waals surface area contributed by atoms with Crippen LogP contribution in [0, 0.1) is 0 Å². The molecule has 1 aromatic rings. The third-order valence-electron chi connectivity index (χ3n) is 2.60. The second-order valence-electron chi connectivity index (χ2n) is 4.13. The zero-order chi connectivity index (χ0) is 13.2. The maximum absolute atomic E-state index is 11.8. The number of rotatable bonds is 8. The van der Waals surface area contributed by atoms with Gasteiger partial charge in [-0.15, -0.1) is 0 Å². The van der Waals surface area contributed by atoms with Gasteiger partial charge in [0, 0.05) is 25.3 Å². The van der Waals surface area contributed by atoms with Gasteiger partial charge in [-0.25, -0.2) is 0 Å². The van der Waals surface area contributed by atoms with E-state index in [2.05, 4.69) is 12.2 Å². The van der Waals surface area contributed by atoms with E-state index in [1.165, 1.54) is 0 Å². The molecule has 0 bridgehead atoms. The summed E-state index contributed by atoms with van der Waals surface area (Å²) in [7, 11) is 0. The topological polar surface area (TPSA) is 64.3 Å². The molecule has 0 unspecified atom stereocenters. The van der Waals surface area contributed by atoms with Gasteiger partial charge in [0.25, 0.3) is 5.91 Å². The molecule has 0 heterocycles. The lowest BCUT2D eigenvalue weighted by Crippen LogP contribution is -2.27. The maximum atomic E-state index is 11.8. The van der Waals surface area contributed by atoms with Gasteiger partial charge in [-0.05, 0) is 24.1 Å². The fourth-order valence-electron chi connectivity index (χ4n) is 1.53. The van der Waals surface area contributed by atoms with Gasteiger partial charge in [0.05, 0.1) is 6.61 Å². The Morgan fingerprint density at radius 1 is 1.39 bits per heavy atom. The molecule has 1 aromatic carbocycles. The zero-order valence-electron chi connectivity index (χ0n) is 10.9. The lowest BCUT2D eigenvalue weighted by Gasteiger charge is -2.07. The van der Waals surface area contributed by atoms with E-state index in [0.717, 1.165) is 25.0 Å². The highest BCUT2D eigenvalue weighted by Crippen LogP contribution is 2.04. The maximum Gasteiger partial charge on any atom is 0.251 e. The summed E-state index contributed by atoms with van der Waals surface area (Å²) in [6, 6.07) is 7.35. The Labute approximate surface area is 109 Å². The highest BCUT2D eigenvalue weighted by Gasteiger charge is 2.04. The first-order valence-corrected chi connectivity index (χ1v) is 6.43. The third kappa shape index (κ3) is 5.29. The van der Waals surface area contributed by atoms with Crippen LogP contribution in [0.3, 0.4) is 0 Å². The summed E-state index contributed by atoms with van der Waals surface area (Å²) in [5, 5.41) is 2.82. The quantitative estimate of drug-likeness (QED) is 0.690. The molecule has 0 aromatic heterocycles. The van der Waals surface area contributed by atoms with Crippen LogP contribution in [0.2, 0.25) is 0 Å². The molecule has 100 valence electrons. The molecule has 18 heavy (non-hydrogen) atoms. The highest BCUT2D eigenvalue weighted by molar-refractivity contribution is 5.94. The summed E-state index contributed by atoms with van der Waals surface area (Å²) in [5.74, 6) is -0.0793. The normalized spacial score (nSPS) is 10.3. The van der Waals surface area contributed by atoms with Crippen LogP contribution in [-0.4, -0.2) is 25.7 Å². The van der Waals surface area contributed by atoms with E-state index >= 15 is 0 Å². The summed E-state index contributed by atoms with van der Waals surface area (Å²) in [5.41, 5.74) is 7.14. The van der Waals surface area contributed by atoms with Gasteiger partial charge in [-0.1, -0.05) is 25.5 Å². The predicted molar refractivity (Wildman–Crippen MR) is 72.4 cm³/mol. The Morgan fingerprint density at radius 2 is 2.22 bits per heavy atom. The van der Waals surface area contributed by atoms with Gasteiger partial charge in [0.2, 0.25) is 0 Å². The number of carbonyl (C=O) groups excluding carboxylic acids is 1. The molecule has 0 spiro atoms. The van der Waals surface area contributed by atoms with Gasteiger partial charge >= 0.3 is 0 Å². The Balaban J connectivity index is 2.27. The number of benzene rings is 1. The van der Waals surface area contributed by atoms with E-state index in [1.54, 1.807) is 6.07 Å². The molecule has 4 nitrogen and oxygen atoms in total. The van der Waals surface area contributed by atoms with E-state index < -0.39 is 0 Å². The van der Waals surface area contributed by atoms with E-state index in [0.29, 0.717) is 25.3 Å². The number of unbranched alkanes of at least 4 members (excludes halogenated alkanes) is 1. The summed E-state index contributed by atoms with van der Waals surface area (Å²) in [4.78, 5) is 11.8. The summed E-state index contributed by atoms with van der Waals surface area (Å²) in [6.07, 6.45) is 2.19. The number of hydrogen-bond acceptors (Lipinski definition) is 3. The van der Waals surface area contributed by atoms with Gasteiger partial charge in [0.1, 0.15) is 0 Å². The van der Waals surface area contributed by atoms with Crippen molar-refractivity contribution in [3.63, 3.8) is 0 Å². The molecule has 4 heteroatoms. The van der Waals surface area contributed by atoms with E-state index in [4.69, 9.17) is 10.5 Å². The summed E-state index contributed by atoms with van der Waals surface area (Å²) in [6.45, 7) is 4.42. The number of hydrogen-bond donors (Lipinski definition) is 2. The minimum atomic E-state index is -0.0793. The number of ether oxygens (including phenoxy) is 1. The Morgan fingerprint density at radius 3 is 2.94 bits per heavy atom. The largest absolute Gasteiger partial charge is 0.380 e. The first kappa shape index (κ1) is 14.7. The van der Waals surface area contributed by atoms with Crippen molar-refractivity contribution < 1.29 is 9.53 Å². The molecular weight excluding hydrogens is 228 g/mol. The fraction of sp³-hybridized carbons (Fsp3) is 0.500. The lowest BCUT2D eigenvalue weighted by atomic mass is 10.1. The smallest absolute Gasteiger partial charge is 0.251 e. The van der Waals surface area contributed by atoms with Crippen LogP contribution in [0.15, 0.2) is 24.3 Å². The minimum Gasteiger partial charge on any atom is -0.380 e. The van der Waals surface area contributed by atoms with Crippen LogP contribution >= 0.6 is 0 Å². The van der Waals surface area contributed by atoms with Gasteiger partial charge in [-0.3, -0.25) is 4.79 Å². The van der Waals surface area contributed by atoms with E-state index in [-0.39, 0.29) is 5.91 Å². The second-order valence-corrected chi connectivity index (χ2v) is 4.13. The second kappa shape index (κ2) is 8.66. The van der Waals surface area contributed by atoms with Crippen molar-refractivity contribution in [2.24, 2.45) is 5.73 Å². The fourth-order valence-corrected chi connectivity index (χ4v) is 1.53. The van der Waals surface area contributed by atoms with Crippen molar-refractivity contribution in [3.05, 3.63) is 35.4 Å². The summed E-state index contributed by atoms with van der Waals surface area (Å²) < 4.78 is 5.37. The Bertz CT molecular complexity index is 367. The van der Waals surface area contributed by atoms with Crippen LogP contribution in [0.25, 0.3) is 0 Å². The van der Waals surface area contributed by atoms with E-state index in [1.807, 2.05) is 18.2 Å². The lowest BCUT2D eigenvalue weighted by molar-refractivity contribution is 0.0912. The van der Waals surface area contributed by atoms with Crippen LogP contribution in [0.5, 0.6) is 0 Å². The SMILES string of the molecule is CCCCOCCNC(=O)c1cccc(CN)c1. The molecule has 0 fully saturated rings. The zero-order valence-corrected chi connectivity index (χ0v) is 10.9. The Kier molecular flexibility index (Phi) is 7.06. The van der Waals surface area contributed by atoms with E-state index in [9.17, 15) is 4.79 Å². The van der Waals surface area contributed by atoms with Crippen LogP contribution < -0.4 is 11.1 Å². The number of nitrogens with two attached hydrogens (primary N) is 1. The molecule has 0 atom stereocenters. The highest BCUT2D eigenvalue weighted by atomic mass is 16.5. The first-order valence-electron chi connectivity index (χ1n) is 6.43. The molecule has 1 amide bonds. The van der Waals surface area contributed by atoms with Crippen LogP contribution in [0.4, 0.5) is 0 Å². The average Bonchev–Trinajstić information content (AvgIpc) is 2.42. The average molecular weight is 250 g/mol. The monoisotopic (exact) mass is 250 g/mol. The molecule has 0 radical (unpaired) electrons. The van der Waals surface area contributed by atoms with Crippen LogP contribution in [-0.2, 0) is 11.3 Å². The molecular formula is C14H22N2O2. The third-order valence-corrected chi connectivity index (χ3v) is 2.60. The van der Waals surface area contributed by atoms with Crippen molar-refractivity contribution in [2.75, 3.05) is 19.8 Å². The van der Waals surface area contributed by atoms with Crippen molar-refractivity contribution in [3.8, 4) is 0 Å². The molecule has 3 N–H and O–H groups in total. The Hall–Kier alpha value is -1.39. The van der Waals surface area contributed by atoms with Crippen molar-refractivity contribution in [2.45, 2.75) is 26.3 Å². The standard InChI is InChI=1S/C14H22N2O2/c1-2-3-8-18-9-7-16-14(17)13-6-4-5-12(10-13)11-15/h4-6,10H,2-3,7-9,11,15H2,1H3,(H,16,17). The molecule has 0 aliphatic rings. The van der Waals surface area contributed by atoms with Gasteiger partial charge in [-0.2, -0.15) is 0 Å². The minimum absolute atomic E-state index is 0.0793. The van der Waals surface area contributed by atoms with Gasteiger partial charge < -0.3 is 15.8 Å². The predicted octanol–water partition coefficient (Wildman–Crippen LogP) is 1.69. The van der Waals surface area contributed by atoms with Crippen molar-refractivity contribution >= 4 is 5.91 Å². The van der Waals surface area contributed by atoms with Gasteiger partial charge in [0.15, 0.2) is 0 Å². The van der Waals surface area contributed by atoms with Crippen LogP contribution in [0.1, 0.15) is 35.7 Å². The number of carbonyl (C=O) groups is 1. The van der Waals surface area contributed by atoms with Crippen molar-refractivity contribution in [1.82, 2.24) is 5.32 Å². The first-order chi connectivity index (χ1) is 8.77. The molecule has 1 rings (SSSR count). The number of nitrogens with one attached hydrogen (secondary N) is 1. The summed E-state index contributed by atoms with van der Waals surface area (Å²) >= 11 is 0. The molecule has 0 aliphatic carbocycles. The molecule has 0 saturated carbocycles. The number of amides is 1.